The average Bonchev–Trinajstić information content (AvgIpc) is 2.17. The molecule has 5 heteroatoms. The summed E-state index contributed by atoms with van der Waals surface area (Å²) in [6.45, 7) is 0. The van der Waals surface area contributed by atoms with E-state index in [0.717, 1.165) is 0 Å². The summed E-state index contributed by atoms with van der Waals surface area (Å²) in [4.78, 5) is 11.0. The standard InChI is InChI=1S/C7H9N3O2/c1-8-7(11)5-3-4-6(12-2)10-9-5/h3-4H,1-2H3,(H,8,11). The van der Waals surface area contributed by atoms with Gasteiger partial charge in [-0.25, -0.2) is 0 Å². The Hall–Kier alpha value is -1.65. The molecule has 64 valence electrons. The van der Waals surface area contributed by atoms with Crippen molar-refractivity contribution in [2.75, 3.05) is 14.2 Å². The van der Waals surface area contributed by atoms with Gasteiger partial charge in [0.05, 0.1) is 7.11 Å². The van der Waals surface area contributed by atoms with E-state index >= 15 is 0 Å². The normalized spacial score (nSPS) is 9.17. The molecule has 0 aliphatic carbocycles. The summed E-state index contributed by atoms with van der Waals surface area (Å²) in [5.74, 6) is 0.132. The first-order chi connectivity index (χ1) is 5.77. The maximum absolute atomic E-state index is 11.0. The second-order valence-electron chi connectivity index (χ2n) is 2.04. The quantitative estimate of drug-likeness (QED) is 0.665. The molecule has 0 saturated heterocycles. The van der Waals surface area contributed by atoms with Gasteiger partial charge < -0.3 is 10.1 Å². The van der Waals surface area contributed by atoms with Crippen molar-refractivity contribution < 1.29 is 9.53 Å². The monoisotopic (exact) mass is 167 g/mol. The highest BCUT2D eigenvalue weighted by Gasteiger charge is 2.04. The number of amides is 1. The molecule has 0 fully saturated rings. The highest BCUT2D eigenvalue weighted by atomic mass is 16.5. The fourth-order valence-electron chi connectivity index (χ4n) is 0.678. The zero-order valence-electron chi connectivity index (χ0n) is 6.87. The van der Waals surface area contributed by atoms with E-state index in [9.17, 15) is 4.79 Å². The third-order valence-corrected chi connectivity index (χ3v) is 1.31. The van der Waals surface area contributed by atoms with E-state index < -0.39 is 0 Å². The third-order valence-electron chi connectivity index (χ3n) is 1.31. The van der Waals surface area contributed by atoms with Crippen molar-refractivity contribution in [3.8, 4) is 5.88 Å². The molecule has 0 aliphatic rings. The van der Waals surface area contributed by atoms with Gasteiger partial charge in [-0.05, 0) is 6.07 Å². The van der Waals surface area contributed by atoms with Crippen molar-refractivity contribution >= 4 is 5.91 Å². The van der Waals surface area contributed by atoms with Gasteiger partial charge in [0, 0.05) is 13.1 Å². The van der Waals surface area contributed by atoms with Crippen LogP contribution in [0, 0.1) is 0 Å². The molecule has 1 aromatic rings. The number of nitrogens with zero attached hydrogens (tertiary/aromatic N) is 2. The van der Waals surface area contributed by atoms with Crippen molar-refractivity contribution in [1.82, 2.24) is 15.5 Å². The fourth-order valence-corrected chi connectivity index (χ4v) is 0.678. The minimum atomic E-state index is -0.259. The Balaban J connectivity index is 2.84. The lowest BCUT2D eigenvalue weighted by Gasteiger charge is -1.98. The largest absolute Gasteiger partial charge is 0.480 e. The second kappa shape index (κ2) is 3.66. The first kappa shape index (κ1) is 8.45. The van der Waals surface area contributed by atoms with Crippen LogP contribution >= 0.6 is 0 Å². The van der Waals surface area contributed by atoms with E-state index in [2.05, 4.69) is 15.5 Å². The van der Waals surface area contributed by atoms with Crippen LogP contribution in [0.2, 0.25) is 0 Å². The molecule has 1 amide bonds. The molecule has 1 rings (SSSR count). The Morgan fingerprint density at radius 2 is 2.25 bits per heavy atom. The maximum Gasteiger partial charge on any atom is 0.271 e. The first-order valence-electron chi connectivity index (χ1n) is 3.37. The Morgan fingerprint density at radius 1 is 1.50 bits per heavy atom. The SMILES string of the molecule is CNC(=O)c1ccc(OC)nn1. The Morgan fingerprint density at radius 3 is 2.67 bits per heavy atom. The second-order valence-corrected chi connectivity index (χ2v) is 2.04. The molecular formula is C7H9N3O2. The summed E-state index contributed by atoms with van der Waals surface area (Å²) in [5.41, 5.74) is 0.276. The minimum Gasteiger partial charge on any atom is -0.480 e. The molecule has 0 saturated carbocycles. The zero-order valence-corrected chi connectivity index (χ0v) is 6.87. The molecular weight excluding hydrogens is 158 g/mol. The van der Waals surface area contributed by atoms with Crippen molar-refractivity contribution in [3.63, 3.8) is 0 Å². The van der Waals surface area contributed by atoms with Gasteiger partial charge in [0.15, 0.2) is 5.69 Å². The van der Waals surface area contributed by atoms with Crippen LogP contribution in [0.4, 0.5) is 0 Å². The summed E-state index contributed by atoms with van der Waals surface area (Å²) in [6, 6.07) is 3.13. The lowest BCUT2D eigenvalue weighted by Crippen LogP contribution is -2.19. The number of carbonyl (C=O) groups excluding carboxylic acids is 1. The molecule has 0 atom stereocenters. The maximum atomic E-state index is 11.0. The highest BCUT2D eigenvalue weighted by Crippen LogP contribution is 2.02. The van der Waals surface area contributed by atoms with Gasteiger partial charge in [-0.1, -0.05) is 0 Å². The van der Waals surface area contributed by atoms with E-state index in [0.29, 0.717) is 5.88 Å². The number of nitrogens with one attached hydrogen (secondary N) is 1. The molecule has 0 spiro atoms. The van der Waals surface area contributed by atoms with E-state index in [4.69, 9.17) is 4.74 Å². The fraction of sp³-hybridized carbons (Fsp3) is 0.286. The predicted octanol–water partition coefficient (Wildman–Crippen LogP) is -0.155. The van der Waals surface area contributed by atoms with Gasteiger partial charge in [-0.3, -0.25) is 4.79 Å². The van der Waals surface area contributed by atoms with Crippen LogP contribution in [0.3, 0.4) is 0 Å². The van der Waals surface area contributed by atoms with Gasteiger partial charge in [0.25, 0.3) is 5.91 Å². The highest BCUT2D eigenvalue weighted by molar-refractivity contribution is 5.91. The zero-order chi connectivity index (χ0) is 8.97. The number of ether oxygens (including phenoxy) is 1. The Kier molecular flexibility index (Phi) is 2.57. The van der Waals surface area contributed by atoms with Crippen LogP contribution in [-0.4, -0.2) is 30.3 Å². The summed E-state index contributed by atoms with van der Waals surface area (Å²) < 4.78 is 4.78. The van der Waals surface area contributed by atoms with Gasteiger partial charge in [0.1, 0.15) is 0 Å². The molecule has 0 bridgehead atoms. The molecule has 0 radical (unpaired) electrons. The molecule has 0 aromatic carbocycles. The van der Waals surface area contributed by atoms with E-state index in [1.165, 1.54) is 14.2 Å². The number of methoxy groups -OCH3 is 1. The molecule has 5 nitrogen and oxygen atoms in total. The predicted molar refractivity (Wildman–Crippen MR) is 42.0 cm³/mol. The topological polar surface area (TPSA) is 64.1 Å². The number of aromatic nitrogens is 2. The van der Waals surface area contributed by atoms with Crippen molar-refractivity contribution in [2.24, 2.45) is 0 Å². The smallest absolute Gasteiger partial charge is 0.271 e. The number of hydrogen-bond donors (Lipinski definition) is 1. The average molecular weight is 167 g/mol. The molecule has 1 heterocycles. The van der Waals surface area contributed by atoms with Crippen LogP contribution in [-0.2, 0) is 0 Å². The van der Waals surface area contributed by atoms with Crippen molar-refractivity contribution in [1.29, 1.82) is 0 Å². The van der Waals surface area contributed by atoms with Gasteiger partial charge in [0.2, 0.25) is 5.88 Å². The van der Waals surface area contributed by atoms with E-state index in [1.54, 1.807) is 12.1 Å². The Bertz CT molecular complexity index is 270. The van der Waals surface area contributed by atoms with Gasteiger partial charge >= 0.3 is 0 Å². The summed E-state index contributed by atoms with van der Waals surface area (Å²) in [5, 5.41) is 9.70. The van der Waals surface area contributed by atoms with Crippen LogP contribution < -0.4 is 10.1 Å². The molecule has 12 heavy (non-hydrogen) atoms. The number of hydrogen-bond acceptors (Lipinski definition) is 4. The number of rotatable bonds is 2. The van der Waals surface area contributed by atoms with Crippen LogP contribution in [0.25, 0.3) is 0 Å². The van der Waals surface area contributed by atoms with Gasteiger partial charge in [-0.15, -0.1) is 10.2 Å². The molecule has 0 unspecified atom stereocenters. The van der Waals surface area contributed by atoms with Crippen LogP contribution in [0.15, 0.2) is 12.1 Å². The minimum absolute atomic E-state index is 0.259. The molecule has 1 aromatic heterocycles. The first-order valence-corrected chi connectivity index (χ1v) is 3.37. The lowest BCUT2D eigenvalue weighted by atomic mass is 10.4. The molecule has 1 N–H and O–H groups in total. The lowest BCUT2D eigenvalue weighted by molar-refractivity contribution is 0.0957. The van der Waals surface area contributed by atoms with E-state index in [-0.39, 0.29) is 11.6 Å². The van der Waals surface area contributed by atoms with Crippen molar-refractivity contribution in [2.45, 2.75) is 0 Å². The van der Waals surface area contributed by atoms with Crippen molar-refractivity contribution in [3.05, 3.63) is 17.8 Å². The Labute approximate surface area is 69.8 Å². The summed E-state index contributed by atoms with van der Waals surface area (Å²) >= 11 is 0. The third kappa shape index (κ3) is 1.69. The van der Waals surface area contributed by atoms with Crippen LogP contribution in [0.1, 0.15) is 10.5 Å². The molecule has 0 aliphatic heterocycles. The summed E-state index contributed by atoms with van der Waals surface area (Å²) in [7, 11) is 3.03. The van der Waals surface area contributed by atoms with E-state index in [1.807, 2.05) is 0 Å². The van der Waals surface area contributed by atoms with Gasteiger partial charge in [-0.2, -0.15) is 0 Å². The summed E-state index contributed by atoms with van der Waals surface area (Å²) in [6.07, 6.45) is 0. The number of carbonyl (C=O) groups is 1. The van der Waals surface area contributed by atoms with Crippen LogP contribution in [0.5, 0.6) is 5.88 Å².